The first-order chi connectivity index (χ1) is 29.8. The third kappa shape index (κ3) is 12.1. The summed E-state index contributed by atoms with van der Waals surface area (Å²) in [5.41, 5.74) is 11.6. The maximum absolute atomic E-state index is 5.21. The van der Waals surface area contributed by atoms with Gasteiger partial charge in [-0.2, -0.15) is 0 Å². The minimum atomic E-state index is 0. The van der Waals surface area contributed by atoms with Gasteiger partial charge in [0.1, 0.15) is 0 Å². The number of benzene rings is 2. The number of fused-ring (bicyclic) bond motifs is 8. The van der Waals surface area contributed by atoms with Crippen LogP contribution in [-0.4, -0.2) is 9.97 Å². The van der Waals surface area contributed by atoms with E-state index < -0.39 is 0 Å². The summed E-state index contributed by atoms with van der Waals surface area (Å²) in [6.45, 7) is 0. The number of aromatic nitrogens is 4. The van der Waals surface area contributed by atoms with Crippen molar-refractivity contribution < 1.29 is 50.6 Å². The molecule has 5 aromatic rings. The van der Waals surface area contributed by atoms with Crippen LogP contribution in [-0.2, 0) is 50.6 Å². The van der Waals surface area contributed by atoms with Gasteiger partial charge in [-0.25, -0.2) is 9.97 Å². The van der Waals surface area contributed by atoms with Crippen molar-refractivity contribution >= 4 is 46.4 Å². The van der Waals surface area contributed by atoms with Crippen molar-refractivity contribution in [2.45, 2.75) is 0 Å². The molecule has 0 spiro atoms. The second-order valence-corrected chi connectivity index (χ2v) is 13.9. The quantitative estimate of drug-likeness (QED) is 0.128. The summed E-state index contributed by atoms with van der Waals surface area (Å²) in [6, 6.07) is 28.7. The maximum atomic E-state index is 5.21. The van der Waals surface area contributed by atoms with E-state index in [2.05, 4.69) is 47.9 Å². The molecule has 0 N–H and O–H groups in total. The van der Waals surface area contributed by atoms with Crippen LogP contribution in [0.4, 0.5) is 0 Å². The first-order valence-electron chi connectivity index (χ1n) is 19.7. The van der Waals surface area contributed by atoms with Gasteiger partial charge in [-0.3, -0.25) is 0 Å². The standard InChI is InChI=1S/C46H26N4.2C5H5.2Fe.Ni/c1-3-15-33(16-4-1)45-41-27-23-37(47-41)35(21-19-31-11-7-8-12-31)39-25-29-43(49-39)46(34-17-5-2-6-18-34)44-30-26-40(50-44)36(38-24-28-42(45)48-38)22-20-32-13-9-10-14-32;2*1-2-4-5-3-1;;;/h1-18,23-30H;2*1-5H;;;/q-2;;;3*+2. The molecule has 8 bridgehead atoms. The molecule has 4 saturated carbocycles. The summed E-state index contributed by atoms with van der Waals surface area (Å²) in [4.78, 5) is 20.9. The molecule has 5 heterocycles. The van der Waals surface area contributed by atoms with Gasteiger partial charge in [-0.05, 0) is 162 Å². The molecule has 4 aliphatic carbocycles. The number of hydrogen-bond donors (Lipinski definition) is 0. The van der Waals surface area contributed by atoms with Crippen molar-refractivity contribution in [2.75, 3.05) is 0 Å². The molecule has 7 heteroatoms. The van der Waals surface area contributed by atoms with E-state index in [0.29, 0.717) is 0 Å². The van der Waals surface area contributed by atoms with Crippen molar-refractivity contribution in [1.29, 1.82) is 0 Å². The summed E-state index contributed by atoms with van der Waals surface area (Å²) in [5.74, 6) is 15.4. The SMILES string of the molecule is C(#Cc1c2nc(c(-c3ccccc3)c3ccc([n-]3)c(C#C[C]3[CH][CH][CH][CH]3)c3nc(c(-c4ccccc4)c4ccc1[n-]4)C=C3)C=C2)[C]1[CH][CH][CH][CH]1.[CH]1[CH][CH][CH][CH]1.[CH]1[CH][CH][CH][CH]1.[Fe+2].[Fe+2].[Ni+2]. The molecule has 20 radical (unpaired) electrons. The van der Waals surface area contributed by atoms with Crippen LogP contribution in [0.1, 0.15) is 33.9 Å². The van der Waals surface area contributed by atoms with Crippen molar-refractivity contribution in [3.05, 3.63) is 246 Å². The van der Waals surface area contributed by atoms with Crippen molar-refractivity contribution in [3.8, 4) is 45.9 Å². The summed E-state index contributed by atoms with van der Waals surface area (Å²) in [5, 5.41) is 0. The average Bonchev–Trinajstić information content (AvgIpc) is 4.15. The van der Waals surface area contributed by atoms with E-state index in [9.17, 15) is 0 Å². The fourth-order valence-electron chi connectivity index (χ4n) is 6.97. The van der Waals surface area contributed by atoms with Crippen LogP contribution < -0.4 is 9.97 Å². The van der Waals surface area contributed by atoms with Crippen molar-refractivity contribution in [2.24, 2.45) is 0 Å². The summed E-state index contributed by atoms with van der Waals surface area (Å²) < 4.78 is 0. The minimum absolute atomic E-state index is 0. The molecule has 0 saturated heterocycles. The first-order valence-corrected chi connectivity index (χ1v) is 19.7. The second-order valence-electron chi connectivity index (χ2n) is 13.9. The molecule has 2 aliphatic heterocycles. The Morgan fingerprint density at radius 1 is 0.333 bits per heavy atom. The number of nitrogens with zero attached hydrogens (tertiary/aromatic N) is 4. The Labute approximate surface area is 406 Å². The number of hydrogen-bond acceptors (Lipinski definition) is 2. The fourth-order valence-corrected chi connectivity index (χ4v) is 6.97. The molecule has 0 atom stereocenters. The Bertz CT molecular complexity index is 2430. The van der Waals surface area contributed by atoms with Gasteiger partial charge in [0.2, 0.25) is 0 Å². The van der Waals surface area contributed by atoms with Crippen molar-refractivity contribution in [1.82, 2.24) is 19.9 Å². The zero-order chi connectivity index (χ0) is 40.4. The van der Waals surface area contributed by atoms with E-state index in [1.807, 2.05) is 201 Å². The van der Waals surface area contributed by atoms with Gasteiger partial charge in [0, 0.05) is 11.1 Å². The summed E-state index contributed by atoms with van der Waals surface area (Å²) in [6.07, 6.45) is 44.1. The van der Waals surface area contributed by atoms with Gasteiger partial charge in [0.25, 0.3) is 0 Å². The molecule has 3 aromatic heterocycles. The molecule has 0 amide bonds. The maximum Gasteiger partial charge on any atom is 2.00 e. The normalized spacial score (nSPS) is 16.1. The molecule has 2 aromatic carbocycles. The van der Waals surface area contributed by atoms with Crippen LogP contribution in [0.5, 0.6) is 0 Å². The Morgan fingerprint density at radius 3 is 1.00 bits per heavy atom. The van der Waals surface area contributed by atoms with Crippen molar-refractivity contribution in [3.63, 3.8) is 0 Å². The van der Waals surface area contributed by atoms with Gasteiger partial charge in [-0.1, -0.05) is 109 Å². The predicted molar refractivity (Wildman–Crippen MR) is 245 cm³/mol. The van der Waals surface area contributed by atoms with E-state index in [4.69, 9.17) is 19.9 Å². The van der Waals surface area contributed by atoms with Gasteiger partial charge in [-0.15, -0.1) is 22.1 Å². The Morgan fingerprint density at radius 2 is 0.651 bits per heavy atom. The zero-order valence-corrected chi connectivity index (χ0v) is 36.8. The Hall–Kier alpha value is -4.31. The molecular weight excluding hydrogens is 899 g/mol. The molecule has 63 heavy (non-hydrogen) atoms. The van der Waals surface area contributed by atoms with E-state index in [1.165, 1.54) is 0 Å². The molecule has 4 nitrogen and oxygen atoms in total. The molecule has 0 unspecified atom stereocenters. The largest absolute Gasteiger partial charge is 2.00 e. The molecule has 6 aliphatic rings. The smallest absolute Gasteiger partial charge is 0.656 e. The predicted octanol–water partition coefficient (Wildman–Crippen LogP) is 10.8. The first kappa shape index (κ1) is 48.2. The average molecular weight is 935 g/mol. The minimum Gasteiger partial charge on any atom is -0.656 e. The van der Waals surface area contributed by atoms with Crippen LogP contribution in [0.3, 0.4) is 0 Å². The monoisotopic (exact) mass is 934 g/mol. The zero-order valence-electron chi connectivity index (χ0n) is 33.6. The van der Waals surface area contributed by atoms with Gasteiger partial charge in [0.05, 0.1) is 34.6 Å². The topological polar surface area (TPSA) is 54.0 Å². The molecule has 11 rings (SSSR count). The molecule has 4 fully saturated rings. The summed E-state index contributed by atoms with van der Waals surface area (Å²) >= 11 is 0. The third-order valence-corrected chi connectivity index (χ3v) is 9.83. The summed E-state index contributed by atoms with van der Waals surface area (Å²) in [7, 11) is 0. The van der Waals surface area contributed by atoms with Crippen LogP contribution in [0.15, 0.2) is 84.9 Å². The van der Waals surface area contributed by atoms with Gasteiger partial charge >= 0.3 is 50.6 Å². The number of rotatable bonds is 2. The van der Waals surface area contributed by atoms with Gasteiger partial charge in [0.15, 0.2) is 0 Å². The Kier molecular flexibility index (Phi) is 18.4. The van der Waals surface area contributed by atoms with Crippen LogP contribution in [0.2, 0.25) is 0 Å². The molecule has 302 valence electrons. The van der Waals surface area contributed by atoms with E-state index in [0.717, 1.165) is 90.1 Å². The third-order valence-electron chi connectivity index (χ3n) is 9.83. The second kappa shape index (κ2) is 24.1. The Balaban J connectivity index is 0.000000450. The van der Waals surface area contributed by atoms with Crippen LogP contribution in [0, 0.1) is 151 Å². The van der Waals surface area contributed by atoms with E-state index in [-0.39, 0.29) is 50.6 Å². The fraction of sp³-hybridized carbons (Fsp3) is 0. The van der Waals surface area contributed by atoms with E-state index >= 15 is 0 Å². The van der Waals surface area contributed by atoms with Crippen LogP contribution in [0.25, 0.3) is 68.6 Å². The van der Waals surface area contributed by atoms with Crippen LogP contribution >= 0.6 is 0 Å². The van der Waals surface area contributed by atoms with Gasteiger partial charge < -0.3 is 9.97 Å². The molecular formula is C56H36Fe2N4Ni+4. The van der Waals surface area contributed by atoms with E-state index in [1.54, 1.807) is 0 Å².